The van der Waals surface area contributed by atoms with Crippen molar-refractivity contribution in [1.29, 1.82) is 0 Å². The van der Waals surface area contributed by atoms with Crippen molar-refractivity contribution < 1.29 is 4.79 Å². The number of nitrogens with zero attached hydrogens (tertiary/aromatic N) is 5. The van der Waals surface area contributed by atoms with Crippen molar-refractivity contribution in [1.82, 2.24) is 24.7 Å². The van der Waals surface area contributed by atoms with Crippen LogP contribution in [0.3, 0.4) is 0 Å². The molecule has 7 heteroatoms. The third kappa shape index (κ3) is 3.20. The van der Waals surface area contributed by atoms with E-state index < -0.39 is 0 Å². The third-order valence-electron chi connectivity index (χ3n) is 6.17. The number of amides is 1. The van der Waals surface area contributed by atoms with E-state index in [4.69, 9.17) is 4.98 Å². The predicted octanol–water partition coefficient (Wildman–Crippen LogP) is 5.23. The number of aromatic amines is 1. The first-order valence-corrected chi connectivity index (χ1v) is 11.0. The van der Waals surface area contributed by atoms with Crippen LogP contribution < -0.4 is 4.90 Å². The Balaban J connectivity index is 1.34. The largest absolute Gasteiger partial charge is 0.361 e. The van der Waals surface area contributed by atoms with Crippen molar-refractivity contribution in [2.45, 2.75) is 26.4 Å². The zero-order chi connectivity index (χ0) is 22.5. The molecule has 3 aromatic heterocycles. The summed E-state index contributed by atoms with van der Waals surface area (Å²) in [5.41, 5.74) is 5.59. The molecule has 0 atom stereocenters. The van der Waals surface area contributed by atoms with Gasteiger partial charge in [-0.2, -0.15) is 0 Å². The minimum atomic E-state index is -0.0391. The second-order valence-electron chi connectivity index (χ2n) is 8.58. The molecule has 5 aromatic rings. The fourth-order valence-electron chi connectivity index (χ4n) is 4.39. The highest BCUT2D eigenvalue weighted by Crippen LogP contribution is 2.32. The molecular weight excluding hydrogens is 412 g/mol. The van der Waals surface area contributed by atoms with Gasteiger partial charge in [0, 0.05) is 23.3 Å². The second kappa shape index (κ2) is 7.41. The highest BCUT2D eigenvalue weighted by Gasteiger charge is 2.30. The van der Waals surface area contributed by atoms with Gasteiger partial charge in [-0.1, -0.05) is 30.3 Å². The summed E-state index contributed by atoms with van der Waals surface area (Å²) in [6.07, 6.45) is 3.64. The molecule has 0 aliphatic carbocycles. The molecule has 0 unspecified atom stereocenters. The number of aromatic nitrogens is 5. The summed E-state index contributed by atoms with van der Waals surface area (Å²) in [5.74, 6) is 1.27. The van der Waals surface area contributed by atoms with Crippen LogP contribution in [0, 0.1) is 0 Å². The van der Waals surface area contributed by atoms with Gasteiger partial charge in [-0.3, -0.25) is 9.69 Å². The Kier molecular flexibility index (Phi) is 4.36. The Bertz CT molecular complexity index is 1510. The minimum absolute atomic E-state index is 0.0391. The van der Waals surface area contributed by atoms with E-state index in [0.29, 0.717) is 23.9 Å². The second-order valence-corrected chi connectivity index (χ2v) is 8.58. The molecule has 1 N–H and O–H groups in total. The molecule has 0 saturated heterocycles. The van der Waals surface area contributed by atoms with E-state index in [-0.39, 0.29) is 11.9 Å². The van der Waals surface area contributed by atoms with Gasteiger partial charge in [0.15, 0.2) is 5.82 Å². The number of fused-ring (bicyclic) bond motifs is 2. The molecule has 0 radical (unpaired) electrons. The quantitative estimate of drug-likeness (QED) is 0.420. The van der Waals surface area contributed by atoms with Crippen LogP contribution in [0.4, 0.5) is 5.82 Å². The summed E-state index contributed by atoms with van der Waals surface area (Å²) >= 11 is 0. The number of nitrogens with one attached hydrogen (secondary N) is 1. The van der Waals surface area contributed by atoms with Crippen molar-refractivity contribution in [2.24, 2.45) is 0 Å². The molecule has 0 bridgehead atoms. The summed E-state index contributed by atoms with van der Waals surface area (Å²) in [6.45, 7) is 4.64. The number of rotatable bonds is 4. The van der Waals surface area contributed by atoms with E-state index in [2.05, 4.69) is 53.3 Å². The van der Waals surface area contributed by atoms with Gasteiger partial charge in [0.2, 0.25) is 0 Å². The lowest BCUT2D eigenvalue weighted by Gasteiger charge is -2.16. The van der Waals surface area contributed by atoms with Crippen LogP contribution in [0.1, 0.15) is 35.8 Å². The van der Waals surface area contributed by atoms with Crippen LogP contribution in [-0.4, -0.2) is 30.6 Å². The maximum absolute atomic E-state index is 13.4. The minimum Gasteiger partial charge on any atom is -0.361 e. The summed E-state index contributed by atoms with van der Waals surface area (Å²) in [6, 6.07) is 20.3. The molecule has 162 valence electrons. The number of benzene rings is 2. The molecule has 0 spiro atoms. The first-order chi connectivity index (χ1) is 16.1. The Hall–Kier alpha value is -4.26. The highest BCUT2D eigenvalue weighted by molar-refractivity contribution is 6.10. The fourth-order valence-corrected chi connectivity index (χ4v) is 4.39. The molecule has 4 heterocycles. The number of H-pyrrole nitrogens is 1. The Morgan fingerprint density at radius 3 is 2.73 bits per heavy atom. The number of pyridine rings is 1. The Labute approximate surface area is 190 Å². The lowest BCUT2D eigenvalue weighted by molar-refractivity contribution is 0.0996. The molecule has 33 heavy (non-hydrogen) atoms. The number of hydrogen-bond donors (Lipinski definition) is 1. The Morgan fingerprint density at radius 2 is 1.85 bits per heavy atom. The maximum atomic E-state index is 13.4. The first kappa shape index (κ1) is 19.4. The van der Waals surface area contributed by atoms with E-state index in [1.807, 2.05) is 47.2 Å². The fraction of sp³-hybridized carbons (Fsp3) is 0.154. The normalized spacial score (nSPS) is 13.3. The smallest absolute Gasteiger partial charge is 0.260 e. The SMILES string of the molecule is CC(C)n1cnnc1-c1cccc(N2Cc3ccc(-c4ccc5cc[nH]c5c4)cc3C2=O)n1. The van der Waals surface area contributed by atoms with Crippen LogP contribution in [0.25, 0.3) is 33.5 Å². The van der Waals surface area contributed by atoms with Crippen LogP contribution in [0.15, 0.2) is 73.2 Å². The Morgan fingerprint density at radius 1 is 1.00 bits per heavy atom. The lowest BCUT2D eigenvalue weighted by atomic mass is 10.00. The zero-order valence-corrected chi connectivity index (χ0v) is 18.4. The van der Waals surface area contributed by atoms with Gasteiger partial charge in [-0.25, -0.2) is 4.98 Å². The average Bonchev–Trinajstić information content (AvgIpc) is 3.57. The number of hydrogen-bond acceptors (Lipinski definition) is 4. The van der Waals surface area contributed by atoms with E-state index >= 15 is 0 Å². The third-order valence-corrected chi connectivity index (χ3v) is 6.17. The zero-order valence-electron chi connectivity index (χ0n) is 18.4. The number of anilines is 1. The van der Waals surface area contributed by atoms with Gasteiger partial charge in [-0.05, 0) is 66.3 Å². The number of carbonyl (C=O) groups excluding carboxylic acids is 1. The van der Waals surface area contributed by atoms with Gasteiger partial charge in [0.1, 0.15) is 17.8 Å². The summed E-state index contributed by atoms with van der Waals surface area (Å²) in [7, 11) is 0. The number of carbonyl (C=O) groups is 1. The summed E-state index contributed by atoms with van der Waals surface area (Å²) in [5, 5.41) is 9.45. The molecular formula is C26H22N6O. The lowest BCUT2D eigenvalue weighted by Crippen LogP contribution is -2.24. The van der Waals surface area contributed by atoms with E-state index in [1.54, 1.807) is 11.2 Å². The molecule has 0 fully saturated rings. The van der Waals surface area contributed by atoms with Crippen LogP contribution >= 0.6 is 0 Å². The van der Waals surface area contributed by atoms with Crippen molar-refractivity contribution in [3.63, 3.8) is 0 Å². The van der Waals surface area contributed by atoms with Crippen molar-refractivity contribution in [3.05, 3.63) is 84.3 Å². The highest BCUT2D eigenvalue weighted by atomic mass is 16.2. The van der Waals surface area contributed by atoms with Gasteiger partial charge in [0.05, 0.1) is 6.54 Å². The molecule has 1 amide bonds. The monoisotopic (exact) mass is 434 g/mol. The van der Waals surface area contributed by atoms with E-state index in [1.165, 1.54) is 5.39 Å². The van der Waals surface area contributed by atoms with Gasteiger partial charge in [0.25, 0.3) is 5.91 Å². The molecule has 7 nitrogen and oxygen atoms in total. The maximum Gasteiger partial charge on any atom is 0.260 e. The van der Waals surface area contributed by atoms with Crippen molar-refractivity contribution in [2.75, 3.05) is 4.90 Å². The van der Waals surface area contributed by atoms with Crippen LogP contribution in [0.5, 0.6) is 0 Å². The van der Waals surface area contributed by atoms with Crippen LogP contribution in [-0.2, 0) is 6.54 Å². The van der Waals surface area contributed by atoms with E-state index in [9.17, 15) is 4.79 Å². The molecule has 0 saturated carbocycles. The van der Waals surface area contributed by atoms with E-state index in [0.717, 1.165) is 27.8 Å². The van der Waals surface area contributed by atoms with Crippen molar-refractivity contribution >= 4 is 22.6 Å². The average molecular weight is 435 g/mol. The van der Waals surface area contributed by atoms with Gasteiger partial charge >= 0.3 is 0 Å². The predicted molar refractivity (Wildman–Crippen MR) is 128 cm³/mol. The van der Waals surface area contributed by atoms with Gasteiger partial charge in [-0.15, -0.1) is 10.2 Å². The summed E-state index contributed by atoms with van der Waals surface area (Å²) in [4.78, 5) is 23.1. The molecule has 6 rings (SSSR count). The van der Waals surface area contributed by atoms with Crippen molar-refractivity contribution in [3.8, 4) is 22.6 Å². The topological polar surface area (TPSA) is 79.7 Å². The summed E-state index contributed by atoms with van der Waals surface area (Å²) < 4.78 is 1.97. The molecule has 2 aromatic carbocycles. The first-order valence-electron chi connectivity index (χ1n) is 11.0. The van der Waals surface area contributed by atoms with Crippen LogP contribution in [0.2, 0.25) is 0 Å². The molecule has 1 aliphatic heterocycles. The molecule has 1 aliphatic rings. The van der Waals surface area contributed by atoms with Gasteiger partial charge < -0.3 is 9.55 Å². The standard InChI is InChI=1S/C26H22N6O/c1-16(2)32-15-28-30-25(32)22-4-3-5-24(29-22)31-14-20-9-8-18(12-21(20)26(31)33)19-7-6-17-10-11-27-23(17)13-19/h3-13,15-16,27H,14H2,1-2H3.